The highest BCUT2D eigenvalue weighted by atomic mass is 16.5. The number of benzene rings is 3. The minimum absolute atomic E-state index is 0.207. The molecular formula is C27H25N3O2. The molecule has 5 rings (SSSR count). The van der Waals surface area contributed by atoms with Crippen LogP contribution in [0.5, 0.6) is 5.75 Å². The van der Waals surface area contributed by atoms with Crippen molar-refractivity contribution >= 4 is 10.9 Å². The lowest BCUT2D eigenvalue weighted by Crippen LogP contribution is -1.97. The number of methoxy groups -OCH3 is 1. The van der Waals surface area contributed by atoms with Gasteiger partial charge in [0.15, 0.2) is 5.76 Å². The Hall–Kier alpha value is -3.86. The highest BCUT2D eigenvalue weighted by molar-refractivity contribution is 5.94. The van der Waals surface area contributed by atoms with Gasteiger partial charge < -0.3 is 13.8 Å². The summed E-state index contributed by atoms with van der Waals surface area (Å²) in [6, 6.07) is 21.0. The number of ether oxygens (including phenoxy) is 1. The Balaban J connectivity index is 1.57. The lowest BCUT2D eigenvalue weighted by atomic mass is 9.91. The van der Waals surface area contributed by atoms with Gasteiger partial charge in [-0.3, -0.25) is 0 Å². The van der Waals surface area contributed by atoms with Gasteiger partial charge in [0.1, 0.15) is 11.3 Å². The number of nitrogens with zero attached hydrogens (tertiary/aromatic N) is 3. The SMILES string of the molecule is COc1cc(-c2onc3c(C(C)c4ccc(C)cc4)cccc23)ccc1-n1cnc(C)c1. The van der Waals surface area contributed by atoms with E-state index in [9.17, 15) is 0 Å². The first-order valence-electron chi connectivity index (χ1n) is 10.7. The van der Waals surface area contributed by atoms with E-state index in [1.807, 2.05) is 35.9 Å². The Morgan fingerprint density at radius 2 is 1.81 bits per heavy atom. The fourth-order valence-corrected chi connectivity index (χ4v) is 4.16. The third-order valence-electron chi connectivity index (χ3n) is 6.02. The van der Waals surface area contributed by atoms with Crippen LogP contribution in [0.2, 0.25) is 0 Å². The van der Waals surface area contributed by atoms with Crippen molar-refractivity contribution in [3.63, 3.8) is 0 Å². The Bertz CT molecular complexity index is 1400. The van der Waals surface area contributed by atoms with Crippen molar-refractivity contribution in [3.05, 3.63) is 95.6 Å². The Morgan fingerprint density at radius 3 is 2.53 bits per heavy atom. The smallest absolute Gasteiger partial charge is 0.174 e. The zero-order valence-corrected chi connectivity index (χ0v) is 18.7. The standard InChI is InChI=1S/C27H25N3O2/c1-17-8-10-20(11-9-17)19(3)22-6-5-7-23-26(22)29-32-27(23)21-12-13-24(25(14-21)31-4)30-15-18(2)28-16-30/h5-16,19H,1-4H3. The van der Waals surface area contributed by atoms with Crippen LogP contribution in [0.3, 0.4) is 0 Å². The molecule has 3 aromatic carbocycles. The maximum absolute atomic E-state index is 5.87. The third-order valence-corrected chi connectivity index (χ3v) is 6.02. The average Bonchev–Trinajstić information content (AvgIpc) is 3.45. The van der Waals surface area contributed by atoms with Gasteiger partial charge in [0.2, 0.25) is 0 Å². The van der Waals surface area contributed by atoms with Crippen LogP contribution < -0.4 is 4.74 Å². The van der Waals surface area contributed by atoms with E-state index in [-0.39, 0.29) is 5.92 Å². The van der Waals surface area contributed by atoms with E-state index in [1.165, 1.54) is 11.1 Å². The number of rotatable bonds is 5. The Morgan fingerprint density at radius 1 is 1.00 bits per heavy atom. The molecule has 0 saturated heterocycles. The van der Waals surface area contributed by atoms with Gasteiger partial charge in [0.25, 0.3) is 0 Å². The highest BCUT2D eigenvalue weighted by Crippen LogP contribution is 2.37. The predicted octanol–water partition coefficient (Wildman–Crippen LogP) is 6.46. The lowest BCUT2D eigenvalue weighted by molar-refractivity contribution is 0.412. The Kier molecular flexibility index (Phi) is 5.02. The fourth-order valence-electron chi connectivity index (χ4n) is 4.16. The molecule has 5 nitrogen and oxygen atoms in total. The van der Waals surface area contributed by atoms with Crippen molar-refractivity contribution in [1.29, 1.82) is 0 Å². The zero-order chi connectivity index (χ0) is 22.2. The second kappa shape index (κ2) is 8.00. The molecule has 0 amide bonds. The summed E-state index contributed by atoms with van der Waals surface area (Å²) >= 11 is 0. The highest BCUT2D eigenvalue weighted by Gasteiger charge is 2.19. The number of aromatic nitrogens is 3. The molecule has 160 valence electrons. The van der Waals surface area contributed by atoms with E-state index in [4.69, 9.17) is 9.26 Å². The van der Waals surface area contributed by atoms with E-state index in [2.05, 4.69) is 66.5 Å². The van der Waals surface area contributed by atoms with E-state index in [0.717, 1.165) is 44.9 Å². The number of imidazole rings is 1. The zero-order valence-electron chi connectivity index (χ0n) is 18.7. The average molecular weight is 424 g/mol. The molecule has 0 aliphatic heterocycles. The van der Waals surface area contributed by atoms with Crippen molar-refractivity contribution in [3.8, 4) is 22.8 Å². The van der Waals surface area contributed by atoms with Crippen molar-refractivity contribution in [2.24, 2.45) is 0 Å². The molecule has 32 heavy (non-hydrogen) atoms. The summed E-state index contributed by atoms with van der Waals surface area (Å²) < 4.78 is 13.5. The molecule has 0 fully saturated rings. The van der Waals surface area contributed by atoms with Gasteiger partial charge in [-0.15, -0.1) is 0 Å². The van der Waals surface area contributed by atoms with Crippen LogP contribution in [0.4, 0.5) is 0 Å². The second-order valence-corrected chi connectivity index (χ2v) is 8.20. The van der Waals surface area contributed by atoms with E-state index in [0.29, 0.717) is 0 Å². The van der Waals surface area contributed by atoms with E-state index < -0.39 is 0 Å². The van der Waals surface area contributed by atoms with Crippen LogP contribution >= 0.6 is 0 Å². The van der Waals surface area contributed by atoms with Crippen LogP contribution in [-0.4, -0.2) is 21.8 Å². The summed E-state index contributed by atoms with van der Waals surface area (Å²) in [5.74, 6) is 1.69. The molecule has 0 saturated carbocycles. The number of aryl methyl sites for hydroxylation is 2. The molecule has 0 N–H and O–H groups in total. The summed E-state index contributed by atoms with van der Waals surface area (Å²) in [5, 5.41) is 5.46. The molecule has 1 unspecified atom stereocenters. The summed E-state index contributed by atoms with van der Waals surface area (Å²) in [4.78, 5) is 4.32. The van der Waals surface area contributed by atoms with Crippen molar-refractivity contribution in [2.75, 3.05) is 7.11 Å². The van der Waals surface area contributed by atoms with Crippen LogP contribution in [0, 0.1) is 13.8 Å². The largest absolute Gasteiger partial charge is 0.495 e. The quantitative estimate of drug-likeness (QED) is 0.326. The van der Waals surface area contributed by atoms with E-state index in [1.54, 1.807) is 13.4 Å². The predicted molar refractivity (Wildman–Crippen MR) is 127 cm³/mol. The number of hydrogen-bond donors (Lipinski definition) is 0. The summed E-state index contributed by atoms with van der Waals surface area (Å²) in [6.45, 7) is 6.28. The molecule has 2 heterocycles. The molecule has 0 aliphatic carbocycles. The first-order valence-corrected chi connectivity index (χ1v) is 10.7. The normalized spacial score (nSPS) is 12.2. The Labute approximate surface area is 187 Å². The molecule has 5 heteroatoms. The van der Waals surface area contributed by atoms with Gasteiger partial charge in [0.05, 0.1) is 30.2 Å². The first kappa shape index (κ1) is 20.1. The van der Waals surface area contributed by atoms with Crippen molar-refractivity contribution < 1.29 is 9.26 Å². The van der Waals surface area contributed by atoms with Gasteiger partial charge in [-0.2, -0.15) is 0 Å². The van der Waals surface area contributed by atoms with Gasteiger partial charge >= 0.3 is 0 Å². The minimum atomic E-state index is 0.207. The molecule has 0 spiro atoms. The van der Waals surface area contributed by atoms with Gasteiger partial charge in [-0.25, -0.2) is 4.98 Å². The fraction of sp³-hybridized carbons (Fsp3) is 0.185. The minimum Gasteiger partial charge on any atom is -0.495 e. The van der Waals surface area contributed by atoms with Gasteiger partial charge in [0, 0.05) is 17.7 Å². The second-order valence-electron chi connectivity index (χ2n) is 8.20. The maximum atomic E-state index is 5.87. The molecule has 1 atom stereocenters. The third kappa shape index (κ3) is 3.46. The summed E-state index contributed by atoms with van der Waals surface area (Å²) in [6.07, 6.45) is 3.76. The molecule has 5 aromatic rings. The molecule has 0 bridgehead atoms. The summed E-state index contributed by atoms with van der Waals surface area (Å²) in [7, 11) is 1.67. The van der Waals surface area contributed by atoms with Crippen molar-refractivity contribution in [1.82, 2.24) is 14.7 Å². The first-order chi connectivity index (χ1) is 15.5. The molecular weight excluding hydrogens is 398 g/mol. The van der Waals surface area contributed by atoms with E-state index >= 15 is 0 Å². The number of fused-ring (bicyclic) bond motifs is 1. The lowest BCUT2D eigenvalue weighted by Gasteiger charge is -2.13. The van der Waals surface area contributed by atoms with Gasteiger partial charge in [-0.05, 0) is 49.2 Å². The molecule has 0 radical (unpaired) electrons. The van der Waals surface area contributed by atoms with Crippen LogP contribution in [0.15, 0.2) is 77.7 Å². The van der Waals surface area contributed by atoms with Gasteiger partial charge in [-0.1, -0.05) is 54.0 Å². The summed E-state index contributed by atoms with van der Waals surface area (Å²) in [5.41, 5.74) is 7.36. The molecule has 2 aromatic heterocycles. The topological polar surface area (TPSA) is 53.1 Å². The van der Waals surface area contributed by atoms with Crippen LogP contribution in [0.25, 0.3) is 27.9 Å². The van der Waals surface area contributed by atoms with Crippen LogP contribution in [-0.2, 0) is 0 Å². The molecule has 0 aliphatic rings. The monoisotopic (exact) mass is 423 g/mol. The number of hydrogen-bond acceptors (Lipinski definition) is 4. The van der Waals surface area contributed by atoms with Crippen LogP contribution in [0.1, 0.15) is 35.2 Å². The maximum Gasteiger partial charge on any atom is 0.174 e. The van der Waals surface area contributed by atoms with Crippen molar-refractivity contribution in [2.45, 2.75) is 26.7 Å².